The van der Waals surface area contributed by atoms with Crippen molar-refractivity contribution in [3.8, 4) is 11.3 Å². The molecule has 3 N–H and O–H groups in total. The number of fused-ring (bicyclic) bond motifs is 1. The summed E-state index contributed by atoms with van der Waals surface area (Å²) in [6, 6.07) is 7.96. The fraction of sp³-hybridized carbons (Fsp3) is 0.353. The van der Waals surface area contributed by atoms with Gasteiger partial charge in [-0.05, 0) is 18.4 Å². The third-order valence-corrected chi connectivity index (χ3v) is 5.26. The Morgan fingerprint density at radius 2 is 1.88 bits per heavy atom. The minimum Gasteiger partial charge on any atom is -0.394 e. The molecule has 0 saturated carbocycles. The Kier molecular flexibility index (Phi) is 4.63. The molecule has 2 aromatic heterocycles. The molecule has 1 saturated heterocycles. The molecule has 0 bridgehead atoms. The maximum atomic E-state index is 10.3. The lowest BCUT2D eigenvalue weighted by atomic mass is 10.1. The average molecular weight is 374 g/mol. The molecule has 4 atom stereocenters. The summed E-state index contributed by atoms with van der Waals surface area (Å²) in [5.74, 6) is 0. The Morgan fingerprint density at radius 1 is 1.12 bits per heavy atom. The topological polar surface area (TPSA) is 114 Å². The summed E-state index contributed by atoms with van der Waals surface area (Å²) in [6.45, 7) is -0.386. The number of ether oxygens (including phenoxy) is 1. The van der Waals surface area contributed by atoms with Crippen LogP contribution < -0.4 is 0 Å². The normalized spacial score (nSPS) is 25.8. The highest BCUT2D eigenvalue weighted by molar-refractivity contribution is 7.98. The van der Waals surface area contributed by atoms with E-state index in [2.05, 4.69) is 15.0 Å². The van der Waals surface area contributed by atoms with Crippen LogP contribution in [0.3, 0.4) is 0 Å². The maximum Gasteiger partial charge on any atom is 0.166 e. The van der Waals surface area contributed by atoms with Crippen LogP contribution in [0, 0.1) is 0 Å². The van der Waals surface area contributed by atoms with Gasteiger partial charge in [-0.2, -0.15) is 0 Å². The zero-order valence-corrected chi connectivity index (χ0v) is 14.7. The summed E-state index contributed by atoms with van der Waals surface area (Å²) < 4.78 is 7.13. The largest absolute Gasteiger partial charge is 0.394 e. The van der Waals surface area contributed by atoms with Crippen LogP contribution in [0.15, 0.2) is 41.8 Å². The second-order valence-corrected chi connectivity index (χ2v) is 6.88. The highest BCUT2D eigenvalue weighted by Crippen LogP contribution is 2.33. The molecule has 9 heteroatoms. The first-order chi connectivity index (χ1) is 12.6. The number of benzene rings is 1. The quantitative estimate of drug-likeness (QED) is 0.576. The lowest BCUT2D eigenvalue weighted by Crippen LogP contribution is -2.33. The molecule has 1 aromatic carbocycles. The standard InChI is InChI=1S/C17H18N4O4S/c1-26-10-4-2-9(3-5-10)12-13-16(19-7-18-12)21(8-20-13)17-15(24)14(23)11(6-22)25-17/h2-5,7-8,11,14-15,17,22-24H,6H2,1H3/t11-,14-,15-,17-/m1/s1. The number of hydrogen-bond acceptors (Lipinski definition) is 8. The molecular weight excluding hydrogens is 356 g/mol. The van der Waals surface area contributed by atoms with Gasteiger partial charge in [-0.1, -0.05) is 12.1 Å². The highest BCUT2D eigenvalue weighted by Gasteiger charge is 2.44. The number of nitrogens with zero attached hydrogens (tertiary/aromatic N) is 4. The first-order valence-corrected chi connectivity index (χ1v) is 9.31. The Bertz CT molecular complexity index is 917. The van der Waals surface area contributed by atoms with Gasteiger partial charge in [0.05, 0.1) is 12.9 Å². The molecule has 1 fully saturated rings. The third-order valence-electron chi connectivity index (χ3n) is 4.51. The van der Waals surface area contributed by atoms with Crippen molar-refractivity contribution in [1.29, 1.82) is 0 Å². The lowest BCUT2D eigenvalue weighted by Gasteiger charge is -2.16. The molecule has 3 heterocycles. The lowest BCUT2D eigenvalue weighted by molar-refractivity contribution is -0.0511. The van der Waals surface area contributed by atoms with E-state index in [-0.39, 0.29) is 6.61 Å². The van der Waals surface area contributed by atoms with Crippen LogP contribution >= 0.6 is 11.8 Å². The number of aliphatic hydroxyl groups excluding tert-OH is 3. The average Bonchev–Trinajstić information content (AvgIpc) is 3.23. The summed E-state index contributed by atoms with van der Waals surface area (Å²) in [6.07, 6.45) is 0.841. The predicted molar refractivity (Wildman–Crippen MR) is 95.5 cm³/mol. The van der Waals surface area contributed by atoms with Crippen LogP contribution in [0.2, 0.25) is 0 Å². The van der Waals surface area contributed by atoms with Gasteiger partial charge in [-0.25, -0.2) is 15.0 Å². The van der Waals surface area contributed by atoms with E-state index >= 15 is 0 Å². The van der Waals surface area contributed by atoms with Crippen molar-refractivity contribution in [1.82, 2.24) is 19.5 Å². The molecule has 4 rings (SSSR count). The van der Waals surface area contributed by atoms with Crippen LogP contribution in [0.25, 0.3) is 22.4 Å². The summed E-state index contributed by atoms with van der Waals surface area (Å²) >= 11 is 1.66. The number of imidazole rings is 1. The first kappa shape index (κ1) is 17.4. The molecule has 0 radical (unpaired) electrons. The third kappa shape index (κ3) is 2.78. The minimum atomic E-state index is -1.19. The van der Waals surface area contributed by atoms with Crippen molar-refractivity contribution in [3.63, 3.8) is 0 Å². The van der Waals surface area contributed by atoms with Crippen LogP contribution in [0.4, 0.5) is 0 Å². The Balaban J connectivity index is 1.76. The molecule has 8 nitrogen and oxygen atoms in total. The first-order valence-electron chi connectivity index (χ1n) is 8.08. The zero-order chi connectivity index (χ0) is 18.3. The van der Waals surface area contributed by atoms with Gasteiger partial charge in [-0.3, -0.25) is 4.57 Å². The van der Waals surface area contributed by atoms with Gasteiger partial charge in [0.1, 0.15) is 35.8 Å². The fourth-order valence-corrected chi connectivity index (χ4v) is 3.52. The van der Waals surface area contributed by atoms with E-state index in [4.69, 9.17) is 4.74 Å². The van der Waals surface area contributed by atoms with Crippen molar-refractivity contribution >= 4 is 22.9 Å². The molecule has 0 amide bonds. The molecule has 0 spiro atoms. The highest BCUT2D eigenvalue weighted by atomic mass is 32.2. The summed E-state index contributed by atoms with van der Waals surface area (Å²) in [5, 5.41) is 29.5. The van der Waals surface area contributed by atoms with Gasteiger partial charge < -0.3 is 20.1 Å². The second kappa shape index (κ2) is 6.93. The smallest absolute Gasteiger partial charge is 0.166 e. The van der Waals surface area contributed by atoms with Crippen molar-refractivity contribution in [2.75, 3.05) is 12.9 Å². The fourth-order valence-electron chi connectivity index (χ4n) is 3.11. The Morgan fingerprint density at radius 3 is 2.54 bits per heavy atom. The number of hydrogen-bond donors (Lipinski definition) is 3. The van der Waals surface area contributed by atoms with Gasteiger partial charge in [0.25, 0.3) is 0 Å². The molecular formula is C17H18N4O4S. The summed E-state index contributed by atoms with van der Waals surface area (Å²) in [5.41, 5.74) is 2.63. The number of rotatable bonds is 4. The molecule has 0 aliphatic carbocycles. The van der Waals surface area contributed by atoms with Crippen molar-refractivity contribution in [3.05, 3.63) is 36.9 Å². The molecule has 1 aliphatic rings. The number of aromatic nitrogens is 4. The maximum absolute atomic E-state index is 10.3. The van der Waals surface area contributed by atoms with Gasteiger partial charge in [-0.15, -0.1) is 11.8 Å². The van der Waals surface area contributed by atoms with E-state index in [0.717, 1.165) is 10.5 Å². The monoisotopic (exact) mass is 374 g/mol. The SMILES string of the molecule is CSc1ccc(-c2ncnc3c2ncn3[C@@H]2O[C@H](CO)[C@@H](O)[C@H]2O)cc1. The molecule has 3 aromatic rings. The molecule has 136 valence electrons. The Hall–Kier alpha value is -2.04. The summed E-state index contributed by atoms with van der Waals surface area (Å²) in [4.78, 5) is 14.2. The number of aliphatic hydroxyl groups is 3. The van der Waals surface area contributed by atoms with Gasteiger partial charge in [0.15, 0.2) is 11.9 Å². The van der Waals surface area contributed by atoms with E-state index in [9.17, 15) is 15.3 Å². The predicted octanol–water partition coefficient (Wildman–Crippen LogP) is 0.827. The van der Waals surface area contributed by atoms with Gasteiger partial charge in [0, 0.05) is 10.5 Å². The van der Waals surface area contributed by atoms with Crippen molar-refractivity contribution < 1.29 is 20.1 Å². The van der Waals surface area contributed by atoms with Gasteiger partial charge in [0.2, 0.25) is 0 Å². The van der Waals surface area contributed by atoms with Crippen molar-refractivity contribution in [2.45, 2.75) is 29.4 Å². The summed E-state index contributed by atoms with van der Waals surface area (Å²) in [7, 11) is 0. The minimum absolute atomic E-state index is 0.386. The molecule has 26 heavy (non-hydrogen) atoms. The molecule has 1 aliphatic heterocycles. The van der Waals surface area contributed by atoms with E-state index in [1.807, 2.05) is 30.5 Å². The van der Waals surface area contributed by atoms with E-state index in [1.54, 1.807) is 16.3 Å². The van der Waals surface area contributed by atoms with Crippen LogP contribution in [-0.2, 0) is 4.74 Å². The van der Waals surface area contributed by atoms with Crippen LogP contribution in [0.1, 0.15) is 6.23 Å². The zero-order valence-electron chi connectivity index (χ0n) is 13.9. The second-order valence-electron chi connectivity index (χ2n) is 6.00. The molecule has 0 unspecified atom stereocenters. The van der Waals surface area contributed by atoms with E-state index in [0.29, 0.717) is 16.9 Å². The Labute approximate surface area is 153 Å². The van der Waals surface area contributed by atoms with Crippen LogP contribution in [0.5, 0.6) is 0 Å². The number of thioether (sulfide) groups is 1. The van der Waals surface area contributed by atoms with Gasteiger partial charge >= 0.3 is 0 Å². The van der Waals surface area contributed by atoms with E-state index < -0.39 is 24.5 Å². The van der Waals surface area contributed by atoms with E-state index in [1.165, 1.54) is 12.7 Å². The van der Waals surface area contributed by atoms with Crippen LogP contribution in [-0.4, -0.2) is 66.0 Å². The van der Waals surface area contributed by atoms with Crippen molar-refractivity contribution in [2.24, 2.45) is 0 Å².